The summed E-state index contributed by atoms with van der Waals surface area (Å²) in [4.78, 5) is 13.3. The molecule has 1 aliphatic carbocycles. The maximum Gasteiger partial charge on any atom is 0.236 e. The number of carbonyl (C=O) groups excluding carboxylic acids is 1. The highest BCUT2D eigenvalue weighted by atomic mass is 16.5. The van der Waals surface area contributed by atoms with Crippen LogP contribution in [-0.2, 0) is 9.53 Å². The molecule has 0 spiro atoms. The smallest absolute Gasteiger partial charge is 0.236 e. The van der Waals surface area contributed by atoms with E-state index in [1.807, 2.05) is 4.90 Å². The van der Waals surface area contributed by atoms with E-state index in [-0.39, 0.29) is 18.6 Å². The van der Waals surface area contributed by atoms with Gasteiger partial charge in [-0.25, -0.2) is 0 Å². The number of ether oxygens (including phenoxy) is 1. The van der Waals surface area contributed by atoms with Crippen molar-refractivity contribution in [2.45, 2.75) is 50.7 Å². The summed E-state index contributed by atoms with van der Waals surface area (Å²) in [6, 6.07) is 0. The highest BCUT2D eigenvalue weighted by Gasteiger charge is 2.26. The van der Waals surface area contributed by atoms with Crippen LogP contribution in [-0.4, -0.2) is 42.6 Å². The lowest BCUT2D eigenvalue weighted by atomic mass is 10.1. The maximum absolute atomic E-state index is 11.5. The molecule has 0 aromatic heterocycles. The predicted molar refractivity (Wildman–Crippen MR) is 62.0 cm³/mol. The Morgan fingerprint density at radius 3 is 2.56 bits per heavy atom. The Labute approximate surface area is 97.1 Å². The average Bonchev–Trinajstić information content (AvgIpc) is 2.81. The number of nitrogens with zero attached hydrogens (tertiary/aromatic N) is 1. The van der Waals surface area contributed by atoms with E-state index in [2.05, 4.69) is 0 Å². The van der Waals surface area contributed by atoms with E-state index >= 15 is 0 Å². The van der Waals surface area contributed by atoms with E-state index in [0.29, 0.717) is 6.10 Å². The molecule has 1 unspecified atom stereocenters. The summed E-state index contributed by atoms with van der Waals surface area (Å²) in [7, 11) is 0. The molecule has 0 bridgehead atoms. The first-order chi connectivity index (χ1) is 7.79. The van der Waals surface area contributed by atoms with Gasteiger partial charge in [-0.1, -0.05) is 12.8 Å². The van der Waals surface area contributed by atoms with Gasteiger partial charge in [0.1, 0.15) is 0 Å². The minimum absolute atomic E-state index is 0.0553. The fraction of sp³-hybridized carbons (Fsp3) is 0.917. The van der Waals surface area contributed by atoms with Crippen LogP contribution in [0.5, 0.6) is 0 Å². The summed E-state index contributed by atoms with van der Waals surface area (Å²) in [6.45, 7) is 1.71. The summed E-state index contributed by atoms with van der Waals surface area (Å²) in [5.74, 6) is 0.0553. The molecule has 1 saturated carbocycles. The van der Waals surface area contributed by atoms with Crippen molar-refractivity contribution in [2.75, 3.05) is 19.6 Å². The van der Waals surface area contributed by atoms with Crippen LogP contribution in [0.3, 0.4) is 0 Å². The zero-order valence-electron chi connectivity index (χ0n) is 9.86. The molecule has 2 fully saturated rings. The van der Waals surface area contributed by atoms with Crippen LogP contribution in [0.15, 0.2) is 0 Å². The van der Waals surface area contributed by atoms with Crippen LogP contribution in [0.4, 0.5) is 0 Å². The van der Waals surface area contributed by atoms with Crippen molar-refractivity contribution in [1.29, 1.82) is 0 Å². The Kier molecular flexibility index (Phi) is 4.18. The molecule has 0 aromatic rings. The molecule has 0 radical (unpaired) electrons. The second kappa shape index (κ2) is 5.64. The highest BCUT2D eigenvalue weighted by Crippen LogP contribution is 2.24. The van der Waals surface area contributed by atoms with Crippen molar-refractivity contribution >= 4 is 5.91 Å². The molecule has 0 aromatic carbocycles. The second-order valence-electron chi connectivity index (χ2n) is 4.85. The first kappa shape index (κ1) is 11.9. The summed E-state index contributed by atoms with van der Waals surface area (Å²) >= 11 is 0. The number of hydrogen-bond acceptors (Lipinski definition) is 3. The van der Waals surface area contributed by atoms with Gasteiger partial charge in [-0.15, -0.1) is 0 Å². The molecular weight excluding hydrogens is 204 g/mol. The number of hydrogen-bond donors (Lipinski definition) is 1. The number of piperidine rings is 1. The molecule has 92 valence electrons. The third-order valence-electron chi connectivity index (χ3n) is 3.59. The molecule has 16 heavy (non-hydrogen) atoms. The number of carbonyl (C=O) groups is 1. The number of rotatable bonds is 3. The monoisotopic (exact) mass is 226 g/mol. The minimum atomic E-state index is 0.0553. The van der Waals surface area contributed by atoms with Gasteiger partial charge in [-0.05, 0) is 25.7 Å². The Balaban J connectivity index is 1.79. The Morgan fingerprint density at radius 2 is 1.88 bits per heavy atom. The summed E-state index contributed by atoms with van der Waals surface area (Å²) in [5, 5.41) is 0. The SMILES string of the molecule is NCC(=O)N1CCCC(OC2CCCC2)C1. The molecule has 1 aliphatic heterocycles. The van der Waals surface area contributed by atoms with Gasteiger partial charge in [-0.2, -0.15) is 0 Å². The van der Waals surface area contributed by atoms with Gasteiger partial charge in [0.05, 0.1) is 18.8 Å². The van der Waals surface area contributed by atoms with Gasteiger partial charge in [0, 0.05) is 13.1 Å². The van der Waals surface area contributed by atoms with Crippen molar-refractivity contribution in [1.82, 2.24) is 4.90 Å². The molecule has 1 amide bonds. The molecule has 2 aliphatic rings. The van der Waals surface area contributed by atoms with E-state index in [0.717, 1.165) is 25.9 Å². The van der Waals surface area contributed by atoms with Crippen LogP contribution in [0.1, 0.15) is 38.5 Å². The number of amides is 1. The Bertz CT molecular complexity index is 239. The van der Waals surface area contributed by atoms with Gasteiger partial charge in [0.15, 0.2) is 0 Å². The van der Waals surface area contributed by atoms with Crippen LogP contribution in [0.2, 0.25) is 0 Å². The molecule has 1 atom stereocenters. The average molecular weight is 226 g/mol. The number of likely N-dealkylation sites (tertiary alicyclic amines) is 1. The summed E-state index contributed by atoms with van der Waals surface area (Å²) in [6.07, 6.45) is 7.80. The maximum atomic E-state index is 11.5. The normalized spacial score (nSPS) is 27.3. The van der Waals surface area contributed by atoms with Gasteiger partial charge >= 0.3 is 0 Å². The first-order valence-corrected chi connectivity index (χ1v) is 6.43. The van der Waals surface area contributed by atoms with Crippen molar-refractivity contribution in [3.8, 4) is 0 Å². The topological polar surface area (TPSA) is 55.6 Å². The largest absolute Gasteiger partial charge is 0.373 e. The molecule has 2 rings (SSSR count). The lowest BCUT2D eigenvalue weighted by Crippen LogP contribution is -2.46. The van der Waals surface area contributed by atoms with Gasteiger partial charge < -0.3 is 15.4 Å². The molecule has 4 heteroatoms. The van der Waals surface area contributed by atoms with E-state index in [9.17, 15) is 4.79 Å². The second-order valence-corrected chi connectivity index (χ2v) is 4.85. The zero-order chi connectivity index (χ0) is 11.4. The summed E-state index contributed by atoms with van der Waals surface area (Å²) in [5.41, 5.74) is 5.38. The first-order valence-electron chi connectivity index (χ1n) is 6.43. The highest BCUT2D eigenvalue weighted by molar-refractivity contribution is 5.78. The van der Waals surface area contributed by atoms with Crippen LogP contribution >= 0.6 is 0 Å². The van der Waals surface area contributed by atoms with Crippen molar-refractivity contribution < 1.29 is 9.53 Å². The Hall–Kier alpha value is -0.610. The van der Waals surface area contributed by atoms with Crippen molar-refractivity contribution in [3.05, 3.63) is 0 Å². The minimum Gasteiger partial charge on any atom is -0.373 e. The lowest BCUT2D eigenvalue weighted by molar-refractivity contribution is -0.135. The standard InChI is InChI=1S/C12H22N2O2/c13-8-12(15)14-7-3-6-11(9-14)16-10-4-1-2-5-10/h10-11H,1-9,13H2. The van der Waals surface area contributed by atoms with Crippen LogP contribution in [0.25, 0.3) is 0 Å². The summed E-state index contributed by atoms with van der Waals surface area (Å²) < 4.78 is 6.04. The van der Waals surface area contributed by atoms with E-state index < -0.39 is 0 Å². The van der Waals surface area contributed by atoms with Crippen LogP contribution in [0, 0.1) is 0 Å². The van der Waals surface area contributed by atoms with Crippen molar-refractivity contribution in [3.63, 3.8) is 0 Å². The van der Waals surface area contributed by atoms with Crippen LogP contribution < -0.4 is 5.73 Å². The molecular formula is C12H22N2O2. The zero-order valence-corrected chi connectivity index (χ0v) is 9.86. The third kappa shape index (κ3) is 2.95. The molecule has 1 heterocycles. The van der Waals surface area contributed by atoms with Gasteiger partial charge in [0.25, 0.3) is 0 Å². The fourth-order valence-electron chi connectivity index (χ4n) is 2.70. The Morgan fingerprint density at radius 1 is 1.19 bits per heavy atom. The quantitative estimate of drug-likeness (QED) is 0.777. The van der Waals surface area contributed by atoms with Crippen molar-refractivity contribution in [2.24, 2.45) is 5.73 Å². The molecule has 4 nitrogen and oxygen atoms in total. The third-order valence-corrected chi connectivity index (χ3v) is 3.59. The van der Waals surface area contributed by atoms with E-state index in [4.69, 9.17) is 10.5 Å². The van der Waals surface area contributed by atoms with Gasteiger partial charge in [-0.3, -0.25) is 4.79 Å². The fourth-order valence-corrected chi connectivity index (χ4v) is 2.70. The predicted octanol–water partition coefficient (Wildman–Crippen LogP) is 0.895. The molecule has 1 saturated heterocycles. The lowest BCUT2D eigenvalue weighted by Gasteiger charge is -2.33. The van der Waals surface area contributed by atoms with Gasteiger partial charge in [0.2, 0.25) is 5.91 Å². The van der Waals surface area contributed by atoms with E-state index in [1.165, 1.54) is 25.7 Å². The molecule has 2 N–H and O–H groups in total. The van der Waals surface area contributed by atoms with E-state index in [1.54, 1.807) is 0 Å². The number of nitrogens with two attached hydrogens (primary N) is 1.